The molecule has 1 unspecified atom stereocenters. The number of benzene rings is 1. The average Bonchev–Trinajstić information content (AvgIpc) is 2.92. The Kier molecular flexibility index (Phi) is 4.16. The van der Waals surface area contributed by atoms with Crippen molar-refractivity contribution < 1.29 is 14.7 Å². The zero-order valence-electron chi connectivity index (χ0n) is 12.9. The molecule has 0 spiro atoms. The Balaban J connectivity index is 1.93. The summed E-state index contributed by atoms with van der Waals surface area (Å²) in [5, 5.41) is 9.79. The van der Waals surface area contributed by atoms with E-state index in [0.717, 1.165) is 24.8 Å². The SMILES string of the molecule is Cc1ccc(N2CCCC2=O)c(C(=O)N2CCCC(O)C2)c1. The van der Waals surface area contributed by atoms with Gasteiger partial charge in [-0.1, -0.05) is 11.6 Å². The Labute approximate surface area is 130 Å². The smallest absolute Gasteiger partial charge is 0.256 e. The van der Waals surface area contributed by atoms with E-state index in [2.05, 4.69) is 0 Å². The van der Waals surface area contributed by atoms with Crippen LogP contribution in [-0.4, -0.2) is 47.6 Å². The third kappa shape index (κ3) is 2.86. The largest absolute Gasteiger partial charge is 0.391 e. The number of piperidine rings is 1. The summed E-state index contributed by atoms with van der Waals surface area (Å²) < 4.78 is 0. The molecule has 2 fully saturated rings. The molecule has 118 valence electrons. The van der Waals surface area contributed by atoms with Gasteiger partial charge in [0.25, 0.3) is 5.91 Å². The highest BCUT2D eigenvalue weighted by Crippen LogP contribution is 2.28. The van der Waals surface area contributed by atoms with Crippen LogP contribution in [0.25, 0.3) is 0 Å². The minimum absolute atomic E-state index is 0.0802. The second-order valence-electron chi connectivity index (χ2n) is 6.22. The molecule has 2 amide bonds. The second kappa shape index (κ2) is 6.08. The van der Waals surface area contributed by atoms with Crippen molar-refractivity contribution in [2.75, 3.05) is 24.5 Å². The summed E-state index contributed by atoms with van der Waals surface area (Å²) in [6.07, 6.45) is 2.50. The molecule has 3 rings (SSSR count). The van der Waals surface area contributed by atoms with E-state index >= 15 is 0 Å². The van der Waals surface area contributed by atoms with Gasteiger partial charge >= 0.3 is 0 Å². The van der Waals surface area contributed by atoms with Gasteiger partial charge < -0.3 is 14.9 Å². The van der Waals surface area contributed by atoms with Crippen LogP contribution in [0.5, 0.6) is 0 Å². The van der Waals surface area contributed by atoms with E-state index in [-0.39, 0.29) is 11.8 Å². The van der Waals surface area contributed by atoms with Gasteiger partial charge in [0.2, 0.25) is 5.91 Å². The Bertz CT molecular complexity index is 600. The molecule has 0 aliphatic carbocycles. The zero-order valence-corrected chi connectivity index (χ0v) is 12.9. The summed E-state index contributed by atoms with van der Waals surface area (Å²) in [5.41, 5.74) is 2.28. The molecule has 2 saturated heterocycles. The lowest BCUT2D eigenvalue weighted by molar-refractivity contribution is -0.117. The summed E-state index contributed by atoms with van der Waals surface area (Å²) in [7, 11) is 0. The maximum atomic E-state index is 12.9. The molecule has 22 heavy (non-hydrogen) atoms. The lowest BCUT2D eigenvalue weighted by Gasteiger charge is -2.31. The van der Waals surface area contributed by atoms with Crippen molar-refractivity contribution in [2.45, 2.75) is 38.7 Å². The Morgan fingerprint density at radius 2 is 2.09 bits per heavy atom. The van der Waals surface area contributed by atoms with Crippen molar-refractivity contribution in [1.82, 2.24) is 4.90 Å². The number of hydrogen-bond donors (Lipinski definition) is 1. The molecular formula is C17H22N2O3. The van der Waals surface area contributed by atoms with Crippen LogP contribution in [0.15, 0.2) is 18.2 Å². The van der Waals surface area contributed by atoms with Crippen LogP contribution in [-0.2, 0) is 4.79 Å². The number of nitrogens with zero attached hydrogens (tertiary/aromatic N) is 2. The lowest BCUT2D eigenvalue weighted by Crippen LogP contribution is -2.42. The Morgan fingerprint density at radius 1 is 1.27 bits per heavy atom. The standard InChI is InChI=1S/C17H22N2O3/c1-12-6-7-15(19-9-3-5-16(19)21)14(10-12)17(22)18-8-2-4-13(20)11-18/h6-7,10,13,20H,2-5,8-9,11H2,1H3. The number of carbonyl (C=O) groups excluding carboxylic acids is 2. The number of aryl methyl sites for hydroxylation is 1. The van der Waals surface area contributed by atoms with E-state index in [1.165, 1.54) is 0 Å². The van der Waals surface area contributed by atoms with Crippen molar-refractivity contribution >= 4 is 17.5 Å². The molecule has 0 radical (unpaired) electrons. The summed E-state index contributed by atoms with van der Waals surface area (Å²) in [6.45, 7) is 3.65. The van der Waals surface area contributed by atoms with Crippen LogP contribution in [0.1, 0.15) is 41.6 Å². The van der Waals surface area contributed by atoms with E-state index in [1.807, 2.05) is 25.1 Å². The first-order valence-corrected chi connectivity index (χ1v) is 7.94. The highest BCUT2D eigenvalue weighted by molar-refractivity contribution is 6.05. The van der Waals surface area contributed by atoms with E-state index in [1.54, 1.807) is 9.80 Å². The van der Waals surface area contributed by atoms with Gasteiger partial charge in [0, 0.05) is 26.1 Å². The molecule has 1 atom stereocenters. The van der Waals surface area contributed by atoms with Gasteiger partial charge in [-0.25, -0.2) is 0 Å². The number of hydrogen-bond acceptors (Lipinski definition) is 3. The molecule has 0 bridgehead atoms. The predicted molar refractivity (Wildman–Crippen MR) is 83.9 cm³/mol. The van der Waals surface area contributed by atoms with Gasteiger partial charge in [0.15, 0.2) is 0 Å². The number of aliphatic hydroxyl groups excluding tert-OH is 1. The first-order valence-electron chi connectivity index (χ1n) is 7.94. The number of rotatable bonds is 2. The quantitative estimate of drug-likeness (QED) is 0.905. The van der Waals surface area contributed by atoms with Crippen molar-refractivity contribution in [2.24, 2.45) is 0 Å². The van der Waals surface area contributed by atoms with Crippen molar-refractivity contribution in [3.05, 3.63) is 29.3 Å². The number of β-amino-alcohol motifs (C(OH)–C–C–N with tert-alkyl or cyclic N) is 1. The molecule has 2 aliphatic rings. The van der Waals surface area contributed by atoms with Crippen LogP contribution in [0.3, 0.4) is 0 Å². The summed E-state index contributed by atoms with van der Waals surface area (Å²) in [5.74, 6) is -0.00580. The van der Waals surface area contributed by atoms with Gasteiger partial charge in [-0.3, -0.25) is 9.59 Å². The first kappa shape index (κ1) is 15.0. The van der Waals surface area contributed by atoms with Gasteiger partial charge in [0.05, 0.1) is 17.4 Å². The molecule has 1 aromatic carbocycles. The summed E-state index contributed by atoms with van der Waals surface area (Å²) in [4.78, 5) is 28.3. The van der Waals surface area contributed by atoms with Crippen LogP contribution in [0.2, 0.25) is 0 Å². The number of likely N-dealkylation sites (tertiary alicyclic amines) is 1. The molecule has 2 aliphatic heterocycles. The summed E-state index contributed by atoms with van der Waals surface area (Å²) in [6, 6.07) is 5.65. The van der Waals surface area contributed by atoms with Gasteiger partial charge in [-0.05, 0) is 38.3 Å². The monoisotopic (exact) mass is 302 g/mol. The highest BCUT2D eigenvalue weighted by Gasteiger charge is 2.29. The van der Waals surface area contributed by atoms with Crippen molar-refractivity contribution in [1.29, 1.82) is 0 Å². The van der Waals surface area contributed by atoms with Gasteiger partial charge in [0.1, 0.15) is 0 Å². The normalized spacial score (nSPS) is 22.3. The maximum Gasteiger partial charge on any atom is 0.256 e. The Hall–Kier alpha value is -1.88. The molecule has 0 aromatic heterocycles. The van der Waals surface area contributed by atoms with Crippen LogP contribution in [0.4, 0.5) is 5.69 Å². The van der Waals surface area contributed by atoms with Crippen LogP contribution in [0, 0.1) is 6.92 Å². The van der Waals surface area contributed by atoms with E-state index < -0.39 is 6.10 Å². The van der Waals surface area contributed by atoms with E-state index in [4.69, 9.17) is 0 Å². The zero-order chi connectivity index (χ0) is 15.7. The Morgan fingerprint density at radius 3 is 2.77 bits per heavy atom. The van der Waals surface area contributed by atoms with Gasteiger partial charge in [-0.2, -0.15) is 0 Å². The van der Waals surface area contributed by atoms with Crippen LogP contribution < -0.4 is 4.90 Å². The molecular weight excluding hydrogens is 280 g/mol. The maximum absolute atomic E-state index is 12.9. The molecule has 1 N–H and O–H groups in total. The highest BCUT2D eigenvalue weighted by atomic mass is 16.3. The lowest BCUT2D eigenvalue weighted by atomic mass is 10.0. The predicted octanol–water partition coefficient (Wildman–Crippen LogP) is 1.72. The minimum atomic E-state index is -0.445. The summed E-state index contributed by atoms with van der Waals surface area (Å²) >= 11 is 0. The molecule has 5 heteroatoms. The minimum Gasteiger partial charge on any atom is -0.391 e. The van der Waals surface area contributed by atoms with Crippen LogP contribution >= 0.6 is 0 Å². The number of anilines is 1. The average molecular weight is 302 g/mol. The molecule has 5 nitrogen and oxygen atoms in total. The topological polar surface area (TPSA) is 60.9 Å². The van der Waals surface area contributed by atoms with Crippen molar-refractivity contribution in [3.63, 3.8) is 0 Å². The second-order valence-corrected chi connectivity index (χ2v) is 6.22. The van der Waals surface area contributed by atoms with E-state index in [9.17, 15) is 14.7 Å². The fourth-order valence-corrected chi connectivity index (χ4v) is 3.27. The van der Waals surface area contributed by atoms with Crippen molar-refractivity contribution in [3.8, 4) is 0 Å². The first-order chi connectivity index (χ1) is 10.6. The van der Waals surface area contributed by atoms with Gasteiger partial charge in [-0.15, -0.1) is 0 Å². The molecule has 2 heterocycles. The fourth-order valence-electron chi connectivity index (χ4n) is 3.27. The molecule has 0 saturated carbocycles. The fraction of sp³-hybridized carbons (Fsp3) is 0.529. The van der Waals surface area contributed by atoms with E-state index in [0.29, 0.717) is 37.3 Å². The number of amides is 2. The third-order valence-electron chi connectivity index (χ3n) is 4.43. The number of carbonyl (C=O) groups is 2. The number of aliphatic hydroxyl groups is 1. The third-order valence-corrected chi connectivity index (χ3v) is 4.43. The molecule has 1 aromatic rings.